The Hall–Kier alpha value is -8.13. The van der Waals surface area contributed by atoms with Crippen LogP contribution in [0.25, 0.3) is 32.3 Å². The number of hydrogen-bond donors (Lipinski definition) is 0. The molecule has 0 atom stereocenters. The number of halogens is 24. The molecule has 0 radical (unpaired) electrons. The van der Waals surface area contributed by atoms with E-state index >= 15 is 0 Å². The van der Waals surface area contributed by atoms with Gasteiger partial charge in [0.05, 0.1) is 49.9 Å². The van der Waals surface area contributed by atoms with Crippen molar-refractivity contribution in [1.82, 2.24) is 0 Å². The Bertz CT molecular complexity index is 3370. The van der Waals surface area contributed by atoms with Crippen LogP contribution in [-0.2, 0) is 49.4 Å². The van der Waals surface area contributed by atoms with Gasteiger partial charge in [0.1, 0.15) is 6.15 Å². The van der Waals surface area contributed by atoms with Crippen molar-refractivity contribution in [2.45, 2.75) is 49.4 Å². The molecular formula is C55H28BF24NO. The first-order valence-corrected chi connectivity index (χ1v) is 23.0. The lowest BCUT2D eigenvalue weighted by Gasteiger charge is -2.46. The number of pyridine rings is 1. The van der Waals surface area contributed by atoms with Gasteiger partial charge in [-0.3, -0.25) is 0 Å². The molecule has 2 nitrogen and oxygen atoms in total. The zero-order valence-electron chi connectivity index (χ0n) is 40.2. The van der Waals surface area contributed by atoms with Crippen molar-refractivity contribution < 1.29 is 115 Å². The van der Waals surface area contributed by atoms with E-state index in [4.69, 9.17) is 4.84 Å². The molecule has 0 fully saturated rings. The topological polar surface area (TPSA) is 13.1 Å². The van der Waals surface area contributed by atoms with E-state index < -0.39 is 195 Å². The van der Waals surface area contributed by atoms with Gasteiger partial charge in [0.15, 0.2) is 0 Å². The minimum Gasteiger partial charge on any atom is -0.230 e. The smallest absolute Gasteiger partial charge is 0.230 e. The fourth-order valence-corrected chi connectivity index (χ4v) is 9.42. The minimum absolute atomic E-state index is 0.691. The van der Waals surface area contributed by atoms with Crippen LogP contribution in [0.5, 0.6) is 5.75 Å². The molecule has 0 saturated heterocycles. The van der Waals surface area contributed by atoms with Crippen LogP contribution < -0.4 is 31.4 Å². The fraction of sp³-hybridized carbons (Fsp3) is 0.145. The molecule has 0 bridgehead atoms. The first-order valence-electron chi connectivity index (χ1n) is 23.0. The van der Waals surface area contributed by atoms with Crippen molar-refractivity contribution in [2.24, 2.45) is 0 Å². The van der Waals surface area contributed by atoms with Gasteiger partial charge in [-0.1, -0.05) is 115 Å². The second kappa shape index (κ2) is 20.7. The number of hydrogen-bond acceptors (Lipinski definition) is 1. The van der Waals surface area contributed by atoms with Crippen LogP contribution in [0.15, 0.2) is 170 Å². The lowest BCUT2D eigenvalue weighted by Crippen LogP contribution is -2.75. The molecule has 0 aliphatic rings. The molecule has 8 aromatic carbocycles. The van der Waals surface area contributed by atoms with E-state index in [9.17, 15) is 105 Å². The molecule has 1 aromatic heterocycles. The predicted octanol–water partition coefficient (Wildman–Crippen LogP) is 16.5. The summed E-state index contributed by atoms with van der Waals surface area (Å²) in [5, 5.41) is 6.93. The van der Waals surface area contributed by atoms with Crippen molar-refractivity contribution in [3.8, 4) is 5.75 Å². The highest BCUT2D eigenvalue weighted by Gasteiger charge is 2.47. The van der Waals surface area contributed by atoms with Crippen molar-refractivity contribution >= 4 is 60.3 Å². The summed E-state index contributed by atoms with van der Waals surface area (Å²) in [5.74, 6) is 0.883. The van der Waals surface area contributed by atoms with Gasteiger partial charge in [-0.15, -0.1) is 0 Å². The van der Waals surface area contributed by atoms with Crippen LogP contribution >= 0.6 is 0 Å². The van der Waals surface area contributed by atoms with Crippen LogP contribution in [0, 0.1) is 0 Å². The lowest BCUT2D eigenvalue weighted by atomic mass is 9.12. The Morgan fingerprint density at radius 2 is 0.512 bits per heavy atom. The molecule has 0 aliphatic carbocycles. The second-order valence-electron chi connectivity index (χ2n) is 18.4. The van der Waals surface area contributed by atoms with Gasteiger partial charge < -0.3 is 0 Å². The molecule has 82 heavy (non-hydrogen) atoms. The first-order chi connectivity index (χ1) is 37.6. The van der Waals surface area contributed by atoms with E-state index in [1.807, 2.05) is 24.5 Å². The maximum atomic E-state index is 14.2. The normalized spacial score (nSPS) is 13.4. The summed E-state index contributed by atoms with van der Waals surface area (Å²) in [4.78, 5) is 6.33. The largest absolute Gasteiger partial charge is 0.416 e. The molecule has 0 amide bonds. The van der Waals surface area contributed by atoms with Gasteiger partial charge in [-0.05, 0) is 52.6 Å². The summed E-state index contributed by atoms with van der Waals surface area (Å²) in [5.41, 5.74) is -30.2. The average Bonchev–Trinajstić information content (AvgIpc) is 2.85. The van der Waals surface area contributed by atoms with Crippen LogP contribution in [0.2, 0.25) is 0 Å². The van der Waals surface area contributed by atoms with Crippen LogP contribution in [0.4, 0.5) is 105 Å². The first kappa shape index (κ1) is 60.0. The molecule has 9 aromatic rings. The maximum Gasteiger partial charge on any atom is 0.416 e. The summed E-state index contributed by atoms with van der Waals surface area (Å²) in [6.07, 6.45) is -50.8. The molecule has 27 heteroatoms. The summed E-state index contributed by atoms with van der Waals surface area (Å²) in [7, 11) is 0. The summed E-state index contributed by atoms with van der Waals surface area (Å²) >= 11 is 0. The fourth-order valence-electron chi connectivity index (χ4n) is 9.42. The van der Waals surface area contributed by atoms with E-state index in [1.165, 1.54) is 16.2 Å². The molecule has 0 aliphatic heterocycles. The van der Waals surface area contributed by atoms with E-state index in [-0.39, 0.29) is 0 Å². The maximum absolute atomic E-state index is 14.2. The zero-order valence-corrected chi connectivity index (χ0v) is 40.2. The average molecular weight is 1190 g/mol. The Labute approximate surface area is 444 Å². The third kappa shape index (κ3) is 12.5. The monoisotopic (exact) mass is 1190 g/mol. The van der Waals surface area contributed by atoms with E-state index in [0.29, 0.717) is 0 Å². The van der Waals surface area contributed by atoms with Gasteiger partial charge in [-0.25, -0.2) is 4.84 Å². The third-order valence-electron chi connectivity index (χ3n) is 13.0. The number of nitrogens with zero attached hydrogens (tertiary/aromatic N) is 1. The Morgan fingerprint density at radius 3 is 0.780 bits per heavy atom. The minimum atomic E-state index is -6.13. The van der Waals surface area contributed by atoms with Gasteiger partial charge in [0, 0.05) is 21.6 Å². The van der Waals surface area contributed by atoms with Gasteiger partial charge in [0.2, 0.25) is 18.1 Å². The summed E-state index contributed by atoms with van der Waals surface area (Å²) in [6.45, 7) is 0. The zero-order chi connectivity index (χ0) is 60.6. The molecule has 9 rings (SSSR count). The third-order valence-corrected chi connectivity index (χ3v) is 13.0. The lowest BCUT2D eigenvalue weighted by molar-refractivity contribution is -0.873. The van der Waals surface area contributed by atoms with E-state index in [1.54, 1.807) is 4.73 Å². The molecule has 1 heterocycles. The number of fused-ring (bicyclic) bond motifs is 3. The van der Waals surface area contributed by atoms with Crippen LogP contribution in [0.3, 0.4) is 0 Å². The number of aromatic nitrogens is 1. The van der Waals surface area contributed by atoms with Gasteiger partial charge >= 0.3 is 49.4 Å². The Morgan fingerprint density at radius 1 is 0.268 bits per heavy atom. The number of benzene rings is 8. The quantitative estimate of drug-likeness (QED) is 0.0700. The predicted molar refractivity (Wildman–Crippen MR) is 252 cm³/mol. The molecule has 0 saturated carbocycles. The van der Waals surface area contributed by atoms with Gasteiger partial charge in [-0.2, -0.15) is 127 Å². The molecular weight excluding hydrogens is 1160 g/mol. The van der Waals surface area contributed by atoms with E-state index in [2.05, 4.69) is 72.8 Å². The van der Waals surface area contributed by atoms with Crippen LogP contribution in [-0.4, -0.2) is 6.15 Å². The number of alkyl halides is 24. The SMILES string of the molecule is FC(F)(F)c1cc([B-](c2cc(C(F)(F)F)cc(C(F)(F)F)c2)(c2cc(C(F)(F)F)cc(C(F)(F)F)c2)c2cc(C(F)(F)F)cc(C(F)(F)F)c2)cc(C(F)(F)F)c1.c1ccc2c[n+](Oc3c4ccccc4cc4ccccc34)ccc2c1. The highest BCUT2D eigenvalue weighted by molar-refractivity contribution is 7.20. The van der Waals surface area contributed by atoms with Crippen LogP contribution in [0.1, 0.15) is 44.5 Å². The standard InChI is InChI=1S/C32H12BF24.C23H16NO/c34-25(35,36)13-1-14(26(37,38)39)6-21(5-13)33(22-7-15(27(40,41)42)2-16(8-22)28(43,44)45,23-9-17(29(46,47)48)3-18(10-23)30(49,50)51)24-11-19(31(52,53)54)4-20(12-24)32(55,56)57;1-2-10-20-16-24(14-13-17(20)7-1)25-23-21-11-5-3-8-18(21)15-19-9-4-6-12-22(19)23/h1-12H;1-16H/q-1;+1. The number of rotatable bonds is 6. The Kier molecular flexibility index (Phi) is 15.1. The van der Waals surface area contributed by atoms with Crippen molar-refractivity contribution in [1.29, 1.82) is 0 Å². The van der Waals surface area contributed by atoms with Crippen molar-refractivity contribution in [3.63, 3.8) is 0 Å². The summed E-state index contributed by atoms with van der Waals surface area (Å²) in [6, 6.07) is 20.4. The molecule has 430 valence electrons. The highest BCUT2D eigenvalue weighted by atomic mass is 19.4. The van der Waals surface area contributed by atoms with E-state index in [0.717, 1.165) is 21.9 Å². The van der Waals surface area contributed by atoms with Crippen molar-refractivity contribution in [3.05, 3.63) is 215 Å². The highest BCUT2D eigenvalue weighted by Crippen LogP contribution is 2.42. The molecule has 0 N–H and O–H groups in total. The van der Waals surface area contributed by atoms with Crippen molar-refractivity contribution in [2.75, 3.05) is 0 Å². The Balaban J connectivity index is 0.000000288. The van der Waals surface area contributed by atoms with Gasteiger partial charge in [0.25, 0.3) is 0 Å². The molecule has 0 spiro atoms. The molecule has 0 unspecified atom stereocenters. The second-order valence-corrected chi connectivity index (χ2v) is 18.4. The summed E-state index contributed by atoms with van der Waals surface area (Å²) < 4.78 is 343.